The highest BCUT2D eigenvalue weighted by Crippen LogP contribution is 2.40. The van der Waals surface area contributed by atoms with Gasteiger partial charge in [0.15, 0.2) is 0 Å². The fraction of sp³-hybridized carbons (Fsp3) is 0.133. The van der Waals surface area contributed by atoms with E-state index in [-0.39, 0.29) is 37.8 Å². The number of halogens is 5. The first-order valence-electron chi connectivity index (χ1n) is 6.67. The molecular formula is C15H8Cl3F2N3O3. The van der Waals surface area contributed by atoms with E-state index in [9.17, 15) is 13.6 Å². The Hall–Kier alpha value is -2.34. The van der Waals surface area contributed by atoms with Crippen LogP contribution in [0.1, 0.15) is 5.56 Å². The molecule has 0 aliphatic rings. The van der Waals surface area contributed by atoms with Gasteiger partial charge in [0.2, 0.25) is 5.88 Å². The van der Waals surface area contributed by atoms with Gasteiger partial charge in [0.05, 0.1) is 5.02 Å². The van der Waals surface area contributed by atoms with Gasteiger partial charge in [-0.1, -0.05) is 34.8 Å². The Morgan fingerprint density at radius 1 is 1.38 bits per heavy atom. The van der Waals surface area contributed by atoms with Crippen LogP contribution in [0.5, 0.6) is 5.88 Å². The summed E-state index contributed by atoms with van der Waals surface area (Å²) in [5, 5.41) is 21.8. The van der Waals surface area contributed by atoms with Crippen molar-refractivity contribution in [3.8, 4) is 23.2 Å². The van der Waals surface area contributed by atoms with Crippen LogP contribution in [-0.4, -0.2) is 27.5 Å². The minimum atomic E-state index is -3.11. The summed E-state index contributed by atoms with van der Waals surface area (Å²) in [4.78, 5) is 11.0. The molecule has 0 bridgehead atoms. The van der Waals surface area contributed by atoms with Gasteiger partial charge in [-0.05, 0) is 23.8 Å². The van der Waals surface area contributed by atoms with Gasteiger partial charge in [0.25, 0.3) is 0 Å². The molecule has 0 radical (unpaired) electrons. The third-order valence-corrected chi connectivity index (χ3v) is 4.11. The molecule has 0 aliphatic heterocycles. The van der Waals surface area contributed by atoms with E-state index in [2.05, 4.69) is 9.84 Å². The molecule has 11 heteroatoms. The predicted molar refractivity (Wildman–Crippen MR) is 91.5 cm³/mol. The largest absolute Gasteiger partial charge is 0.477 e. The van der Waals surface area contributed by atoms with Crippen molar-refractivity contribution in [3.05, 3.63) is 38.3 Å². The molecule has 0 aliphatic carbocycles. The second-order valence-corrected chi connectivity index (χ2v) is 5.99. The number of aliphatic carboxylic acids is 1. The van der Waals surface area contributed by atoms with Gasteiger partial charge in [0.1, 0.15) is 22.4 Å². The van der Waals surface area contributed by atoms with Crippen LogP contribution in [-0.2, 0) is 11.8 Å². The Labute approximate surface area is 160 Å². The second-order valence-electron chi connectivity index (χ2n) is 4.80. The maximum atomic E-state index is 12.5. The van der Waals surface area contributed by atoms with Crippen molar-refractivity contribution in [1.82, 2.24) is 9.78 Å². The highest BCUT2D eigenvalue weighted by molar-refractivity contribution is 6.39. The van der Waals surface area contributed by atoms with Crippen molar-refractivity contribution in [2.45, 2.75) is 6.61 Å². The average Bonchev–Trinajstić information content (AvgIpc) is 2.81. The Kier molecular flexibility index (Phi) is 6.08. The van der Waals surface area contributed by atoms with Crippen LogP contribution in [0.3, 0.4) is 0 Å². The summed E-state index contributed by atoms with van der Waals surface area (Å²) in [5.74, 6) is -1.81. The number of alkyl halides is 2. The summed E-state index contributed by atoms with van der Waals surface area (Å²) in [6.07, 6.45) is 1.04. The van der Waals surface area contributed by atoms with Crippen LogP contribution >= 0.6 is 34.8 Å². The third-order valence-electron chi connectivity index (χ3n) is 3.13. The standard InChI is InChI=1S/C15H8Cl3F2N3O3/c1-23-13(26-15(19)20)11(18)12(22-23)8-3-6(9(16)4-10(8)17)2-7(5-21)14(24)25/h2-4,15H,1H3,(H,24,25). The lowest BCUT2D eigenvalue weighted by atomic mass is 10.1. The number of aryl methyl sites for hydroxylation is 1. The number of carbonyl (C=O) groups is 1. The van der Waals surface area contributed by atoms with Gasteiger partial charge >= 0.3 is 12.6 Å². The number of rotatable bonds is 5. The summed E-state index contributed by atoms with van der Waals surface area (Å²) in [6.45, 7) is -3.11. The maximum absolute atomic E-state index is 12.5. The molecule has 0 atom stereocenters. The summed E-state index contributed by atoms with van der Waals surface area (Å²) in [7, 11) is 1.34. The first kappa shape index (κ1) is 20.0. The Morgan fingerprint density at radius 2 is 2.04 bits per heavy atom. The zero-order valence-corrected chi connectivity index (χ0v) is 15.1. The van der Waals surface area contributed by atoms with Crippen LogP contribution in [0.15, 0.2) is 17.7 Å². The lowest BCUT2D eigenvalue weighted by Gasteiger charge is -2.07. The van der Waals surface area contributed by atoms with E-state index in [0.717, 1.165) is 10.8 Å². The monoisotopic (exact) mass is 421 g/mol. The van der Waals surface area contributed by atoms with Crippen molar-refractivity contribution in [1.29, 1.82) is 5.26 Å². The molecule has 0 saturated carbocycles. The van der Waals surface area contributed by atoms with Gasteiger partial charge in [0, 0.05) is 17.6 Å². The van der Waals surface area contributed by atoms with Crippen molar-refractivity contribution in [2.75, 3.05) is 0 Å². The number of aromatic nitrogens is 2. The van der Waals surface area contributed by atoms with Crippen LogP contribution in [0.25, 0.3) is 17.3 Å². The molecular weight excluding hydrogens is 415 g/mol. The molecule has 136 valence electrons. The number of hydrogen-bond acceptors (Lipinski definition) is 4. The minimum absolute atomic E-state index is 0.0231. The maximum Gasteiger partial charge on any atom is 0.388 e. The SMILES string of the molecule is Cn1nc(-c2cc(C=C(C#N)C(=O)O)c(Cl)cc2Cl)c(Cl)c1OC(F)F. The molecule has 1 aromatic carbocycles. The van der Waals surface area contributed by atoms with Crippen LogP contribution in [0, 0.1) is 11.3 Å². The number of carboxylic acids is 1. The van der Waals surface area contributed by atoms with E-state index in [1.165, 1.54) is 25.2 Å². The molecule has 26 heavy (non-hydrogen) atoms. The number of nitriles is 1. The molecule has 0 unspecified atom stereocenters. The van der Waals surface area contributed by atoms with Crippen molar-refractivity contribution >= 4 is 46.8 Å². The summed E-state index contributed by atoms with van der Waals surface area (Å²) >= 11 is 18.2. The molecule has 0 amide bonds. The van der Waals surface area contributed by atoms with Gasteiger partial charge < -0.3 is 9.84 Å². The quantitative estimate of drug-likeness (QED) is 0.560. The summed E-state index contributed by atoms with van der Waals surface area (Å²) in [6, 6.07) is 4.15. The molecule has 2 rings (SSSR count). The van der Waals surface area contributed by atoms with E-state index < -0.39 is 18.2 Å². The van der Waals surface area contributed by atoms with Crippen molar-refractivity contribution in [3.63, 3.8) is 0 Å². The normalized spacial score (nSPS) is 11.5. The Balaban J connectivity index is 2.64. The number of ether oxygens (including phenoxy) is 1. The molecule has 6 nitrogen and oxygen atoms in total. The van der Waals surface area contributed by atoms with Crippen molar-refractivity contribution < 1.29 is 23.4 Å². The fourth-order valence-corrected chi connectivity index (χ4v) is 2.86. The van der Waals surface area contributed by atoms with E-state index in [1.54, 1.807) is 0 Å². The first-order valence-corrected chi connectivity index (χ1v) is 7.80. The number of hydrogen-bond donors (Lipinski definition) is 1. The van der Waals surface area contributed by atoms with E-state index in [4.69, 9.17) is 45.2 Å². The lowest BCUT2D eigenvalue weighted by molar-refractivity contribution is -0.132. The Bertz CT molecular complexity index is 952. The van der Waals surface area contributed by atoms with Gasteiger partial charge in [-0.15, -0.1) is 0 Å². The third kappa shape index (κ3) is 4.07. The smallest absolute Gasteiger partial charge is 0.388 e. The van der Waals surface area contributed by atoms with Crippen LogP contribution in [0.4, 0.5) is 8.78 Å². The molecule has 2 aromatic rings. The lowest BCUT2D eigenvalue weighted by Crippen LogP contribution is -2.06. The summed E-state index contributed by atoms with van der Waals surface area (Å²) < 4.78 is 30.3. The molecule has 1 N–H and O–H groups in total. The molecule has 0 spiro atoms. The van der Waals surface area contributed by atoms with Crippen LogP contribution in [0.2, 0.25) is 15.1 Å². The van der Waals surface area contributed by atoms with E-state index in [0.29, 0.717) is 0 Å². The number of nitrogens with zero attached hydrogens (tertiary/aromatic N) is 3. The molecule has 1 aromatic heterocycles. The molecule has 1 heterocycles. The number of benzene rings is 1. The molecule has 0 fully saturated rings. The van der Waals surface area contributed by atoms with E-state index in [1.807, 2.05) is 0 Å². The zero-order chi connectivity index (χ0) is 19.6. The van der Waals surface area contributed by atoms with E-state index >= 15 is 0 Å². The average molecular weight is 423 g/mol. The van der Waals surface area contributed by atoms with Crippen LogP contribution < -0.4 is 4.74 Å². The Morgan fingerprint density at radius 3 is 2.58 bits per heavy atom. The number of carboxylic acid groups (broad SMARTS) is 1. The summed E-state index contributed by atoms with van der Waals surface area (Å²) in [5.41, 5.74) is -0.193. The first-order chi connectivity index (χ1) is 12.1. The second kappa shape index (κ2) is 7.91. The van der Waals surface area contributed by atoms with Gasteiger partial charge in [-0.25, -0.2) is 9.48 Å². The van der Waals surface area contributed by atoms with Crippen molar-refractivity contribution in [2.24, 2.45) is 7.05 Å². The minimum Gasteiger partial charge on any atom is -0.477 e. The highest BCUT2D eigenvalue weighted by Gasteiger charge is 2.22. The fourth-order valence-electron chi connectivity index (χ4n) is 2.02. The topological polar surface area (TPSA) is 88.1 Å². The zero-order valence-electron chi connectivity index (χ0n) is 12.8. The molecule has 0 saturated heterocycles. The predicted octanol–water partition coefficient (Wildman–Crippen LogP) is 4.64. The van der Waals surface area contributed by atoms with Gasteiger partial charge in [-0.2, -0.15) is 19.1 Å². The van der Waals surface area contributed by atoms with Gasteiger partial charge in [-0.3, -0.25) is 0 Å². The highest BCUT2D eigenvalue weighted by atomic mass is 35.5.